The molecule has 0 heterocycles. The summed E-state index contributed by atoms with van der Waals surface area (Å²) in [7, 11) is 0. The van der Waals surface area contributed by atoms with Crippen molar-refractivity contribution in [3.63, 3.8) is 0 Å². The first kappa shape index (κ1) is 42.5. The molecule has 1 unspecified atom stereocenters. The number of hydrogen-bond acceptors (Lipinski definition) is 1. The van der Waals surface area contributed by atoms with Gasteiger partial charge in [0, 0.05) is 0 Å². The van der Waals surface area contributed by atoms with Crippen LogP contribution < -0.4 is 0 Å². The van der Waals surface area contributed by atoms with Gasteiger partial charge in [-0.05, 0) is 25.7 Å². The fraction of sp³-hybridized carbons (Fsp3) is 0.952. The molecule has 0 rings (SSSR count). The summed E-state index contributed by atoms with van der Waals surface area (Å²) in [5.41, 5.74) is 0. The van der Waals surface area contributed by atoms with Crippen molar-refractivity contribution >= 4 is 0 Å². The van der Waals surface area contributed by atoms with E-state index in [-0.39, 0.29) is 0 Å². The number of ether oxygens (including phenoxy) is 1. The van der Waals surface area contributed by atoms with Gasteiger partial charge in [0.1, 0.15) is 0 Å². The van der Waals surface area contributed by atoms with E-state index >= 15 is 0 Å². The fourth-order valence-electron chi connectivity index (χ4n) is 6.79. The van der Waals surface area contributed by atoms with Crippen LogP contribution in [0.1, 0.15) is 251 Å². The standard InChI is InChI=1S/C42H84O/c1-4-7-9-11-13-15-17-18-19-20-21-22-23-24-25-26-27-28-29-31-33-35-37-39-41-42(43-6-3)40-38-36-34-32-30-16-14-12-10-8-5-2/h6,42H,3-5,7-41H2,1-2H3. The maximum absolute atomic E-state index is 5.85. The molecule has 0 radical (unpaired) electrons. The molecular weight excluding hydrogens is 520 g/mol. The molecule has 0 saturated heterocycles. The monoisotopic (exact) mass is 605 g/mol. The highest BCUT2D eigenvalue weighted by Gasteiger charge is 2.08. The normalized spacial score (nSPS) is 12.1. The Morgan fingerprint density at radius 1 is 0.326 bits per heavy atom. The second kappa shape index (κ2) is 39.6. The third-order valence-corrected chi connectivity index (χ3v) is 9.80. The van der Waals surface area contributed by atoms with Gasteiger partial charge in [-0.1, -0.05) is 232 Å². The molecule has 0 fully saturated rings. The van der Waals surface area contributed by atoms with Crippen molar-refractivity contribution in [3.8, 4) is 0 Å². The Balaban J connectivity index is 3.29. The van der Waals surface area contributed by atoms with Gasteiger partial charge in [0.05, 0.1) is 12.4 Å². The lowest BCUT2D eigenvalue weighted by Gasteiger charge is -2.16. The largest absolute Gasteiger partial charge is 0.499 e. The highest BCUT2D eigenvalue weighted by atomic mass is 16.5. The zero-order valence-electron chi connectivity index (χ0n) is 30.4. The van der Waals surface area contributed by atoms with Gasteiger partial charge in [0.2, 0.25) is 0 Å². The Morgan fingerprint density at radius 3 is 0.698 bits per heavy atom. The third kappa shape index (κ3) is 37.6. The zero-order valence-corrected chi connectivity index (χ0v) is 30.4. The first-order valence-electron chi connectivity index (χ1n) is 20.6. The summed E-state index contributed by atoms with van der Waals surface area (Å²) in [6.07, 6.45) is 55.1. The van der Waals surface area contributed by atoms with Crippen molar-refractivity contribution in [2.75, 3.05) is 0 Å². The first-order chi connectivity index (χ1) is 21.3. The van der Waals surface area contributed by atoms with Gasteiger partial charge in [0.25, 0.3) is 0 Å². The summed E-state index contributed by atoms with van der Waals surface area (Å²) < 4.78 is 5.85. The summed E-state index contributed by atoms with van der Waals surface area (Å²) in [6, 6.07) is 0. The van der Waals surface area contributed by atoms with Crippen molar-refractivity contribution in [3.05, 3.63) is 12.8 Å². The number of rotatable bonds is 39. The number of hydrogen-bond donors (Lipinski definition) is 0. The second-order valence-electron chi connectivity index (χ2n) is 14.2. The first-order valence-corrected chi connectivity index (χ1v) is 20.6. The third-order valence-electron chi connectivity index (χ3n) is 9.80. The fourth-order valence-corrected chi connectivity index (χ4v) is 6.79. The highest BCUT2D eigenvalue weighted by Crippen LogP contribution is 2.19. The molecule has 0 spiro atoms. The smallest absolute Gasteiger partial charge is 0.0978 e. The van der Waals surface area contributed by atoms with E-state index in [4.69, 9.17) is 4.74 Å². The summed E-state index contributed by atoms with van der Waals surface area (Å²) >= 11 is 0. The molecule has 0 bridgehead atoms. The Morgan fingerprint density at radius 2 is 0.512 bits per heavy atom. The zero-order chi connectivity index (χ0) is 31.2. The summed E-state index contributed by atoms with van der Waals surface area (Å²) in [6.45, 7) is 8.43. The molecule has 0 aliphatic heterocycles. The Kier molecular flexibility index (Phi) is 39.1. The number of unbranched alkanes of at least 4 members (excludes halogenated alkanes) is 33. The van der Waals surface area contributed by atoms with Crippen molar-refractivity contribution in [2.45, 2.75) is 258 Å². The Bertz CT molecular complexity index is 485. The van der Waals surface area contributed by atoms with Gasteiger partial charge in [-0.3, -0.25) is 0 Å². The second-order valence-corrected chi connectivity index (χ2v) is 14.2. The molecular formula is C42H84O. The van der Waals surface area contributed by atoms with E-state index in [0.29, 0.717) is 6.10 Å². The average molecular weight is 605 g/mol. The van der Waals surface area contributed by atoms with Crippen LogP contribution in [0, 0.1) is 0 Å². The topological polar surface area (TPSA) is 9.23 Å². The van der Waals surface area contributed by atoms with E-state index in [1.807, 2.05) is 0 Å². The lowest BCUT2D eigenvalue weighted by molar-refractivity contribution is 0.121. The van der Waals surface area contributed by atoms with E-state index in [2.05, 4.69) is 20.4 Å². The molecule has 0 aliphatic carbocycles. The van der Waals surface area contributed by atoms with Crippen LogP contribution in [0.3, 0.4) is 0 Å². The van der Waals surface area contributed by atoms with Crippen molar-refractivity contribution in [1.29, 1.82) is 0 Å². The van der Waals surface area contributed by atoms with Crippen LogP contribution in [0.25, 0.3) is 0 Å². The maximum atomic E-state index is 5.85. The van der Waals surface area contributed by atoms with Crippen LogP contribution in [-0.2, 0) is 4.74 Å². The van der Waals surface area contributed by atoms with E-state index in [0.717, 1.165) is 0 Å². The molecule has 43 heavy (non-hydrogen) atoms. The van der Waals surface area contributed by atoms with Crippen LogP contribution in [0.15, 0.2) is 12.8 Å². The van der Waals surface area contributed by atoms with E-state index in [9.17, 15) is 0 Å². The Labute approximate surface area is 274 Å². The molecule has 0 aliphatic rings. The predicted octanol–water partition coefficient (Wildman–Crippen LogP) is 16.0. The minimum absolute atomic E-state index is 0.413. The van der Waals surface area contributed by atoms with E-state index in [1.165, 1.54) is 238 Å². The van der Waals surface area contributed by atoms with Crippen molar-refractivity contribution in [1.82, 2.24) is 0 Å². The molecule has 0 aromatic heterocycles. The van der Waals surface area contributed by atoms with Crippen molar-refractivity contribution in [2.24, 2.45) is 0 Å². The predicted molar refractivity (Wildman–Crippen MR) is 197 cm³/mol. The van der Waals surface area contributed by atoms with Gasteiger partial charge in [-0.25, -0.2) is 0 Å². The SMILES string of the molecule is C=COC(CCCCCCCCCCCCC)CCCCCCCCCCCCCCCCCCCCCCCCCC. The summed E-state index contributed by atoms with van der Waals surface area (Å²) in [4.78, 5) is 0. The van der Waals surface area contributed by atoms with Gasteiger partial charge < -0.3 is 4.74 Å². The summed E-state index contributed by atoms with van der Waals surface area (Å²) in [5.74, 6) is 0. The Hall–Kier alpha value is -0.460. The minimum Gasteiger partial charge on any atom is -0.499 e. The molecule has 0 aromatic rings. The molecule has 0 amide bonds. The van der Waals surface area contributed by atoms with Crippen LogP contribution >= 0.6 is 0 Å². The lowest BCUT2D eigenvalue weighted by Crippen LogP contribution is -2.09. The van der Waals surface area contributed by atoms with Gasteiger partial charge in [0.15, 0.2) is 0 Å². The quantitative estimate of drug-likeness (QED) is 0.0501. The van der Waals surface area contributed by atoms with E-state index in [1.54, 1.807) is 6.26 Å². The highest BCUT2D eigenvalue weighted by molar-refractivity contribution is 4.64. The van der Waals surface area contributed by atoms with Gasteiger partial charge in [-0.15, -0.1) is 0 Å². The van der Waals surface area contributed by atoms with Crippen LogP contribution in [0.2, 0.25) is 0 Å². The molecule has 0 saturated carbocycles. The summed E-state index contributed by atoms with van der Waals surface area (Å²) in [5, 5.41) is 0. The van der Waals surface area contributed by atoms with Gasteiger partial charge in [-0.2, -0.15) is 0 Å². The molecule has 1 nitrogen and oxygen atoms in total. The average Bonchev–Trinajstić information content (AvgIpc) is 3.01. The van der Waals surface area contributed by atoms with Crippen LogP contribution in [0.4, 0.5) is 0 Å². The van der Waals surface area contributed by atoms with E-state index < -0.39 is 0 Å². The molecule has 258 valence electrons. The minimum atomic E-state index is 0.413. The molecule has 0 N–H and O–H groups in total. The van der Waals surface area contributed by atoms with Crippen molar-refractivity contribution < 1.29 is 4.74 Å². The molecule has 1 atom stereocenters. The lowest BCUT2D eigenvalue weighted by atomic mass is 10.0. The van der Waals surface area contributed by atoms with Crippen LogP contribution in [0.5, 0.6) is 0 Å². The van der Waals surface area contributed by atoms with Gasteiger partial charge >= 0.3 is 0 Å². The van der Waals surface area contributed by atoms with Crippen LogP contribution in [-0.4, -0.2) is 6.10 Å². The molecule has 0 aromatic carbocycles. The maximum Gasteiger partial charge on any atom is 0.0978 e. The molecule has 1 heteroatoms.